The molecular formula is C19H12ClFN2O4. The first-order chi connectivity index (χ1) is 13.0. The van der Waals surface area contributed by atoms with Gasteiger partial charge in [-0.1, -0.05) is 29.8 Å². The number of aromatic nitrogens is 2. The molecule has 0 spiro atoms. The number of hydrogen-bond donors (Lipinski definition) is 0. The Bertz CT molecular complexity index is 1230. The van der Waals surface area contributed by atoms with Crippen LogP contribution in [0.4, 0.5) is 4.39 Å². The molecule has 6 nitrogen and oxygen atoms in total. The van der Waals surface area contributed by atoms with Crippen molar-refractivity contribution in [2.24, 2.45) is 0 Å². The second kappa shape index (κ2) is 6.85. The fraction of sp³-hybridized carbons (Fsp3) is 0.105. The zero-order valence-corrected chi connectivity index (χ0v) is 14.6. The molecule has 27 heavy (non-hydrogen) atoms. The second-order valence-corrected chi connectivity index (χ2v) is 6.26. The number of furan rings is 1. The van der Waals surface area contributed by atoms with E-state index in [-0.39, 0.29) is 23.8 Å². The maximum absolute atomic E-state index is 13.0. The molecule has 0 N–H and O–H groups in total. The third-order valence-corrected chi connectivity index (χ3v) is 4.41. The van der Waals surface area contributed by atoms with Gasteiger partial charge in [0, 0.05) is 10.9 Å². The summed E-state index contributed by atoms with van der Waals surface area (Å²) in [5.41, 5.74) is 1.05. The van der Waals surface area contributed by atoms with Gasteiger partial charge in [0.1, 0.15) is 30.1 Å². The minimum Gasteiger partial charge on any atom is -0.459 e. The number of rotatable bonds is 4. The van der Waals surface area contributed by atoms with Crippen molar-refractivity contribution in [2.45, 2.75) is 13.2 Å². The zero-order chi connectivity index (χ0) is 19.0. The van der Waals surface area contributed by atoms with Crippen molar-refractivity contribution >= 4 is 39.6 Å². The number of carbonyl (C=O) groups excluding carboxylic acids is 1. The van der Waals surface area contributed by atoms with Crippen LogP contribution in [0.5, 0.6) is 0 Å². The summed E-state index contributed by atoms with van der Waals surface area (Å²) in [6.45, 7) is -0.468. The van der Waals surface area contributed by atoms with Gasteiger partial charge in [-0.15, -0.1) is 0 Å². The quantitative estimate of drug-likeness (QED) is 0.500. The third-order valence-electron chi connectivity index (χ3n) is 4.05. The Morgan fingerprint density at radius 1 is 1.26 bits per heavy atom. The maximum atomic E-state index is 13.0. The van der Waals surface area contributed by atoms with Crippen molar-refractivity contribution in [3.05, 3.63) is 75.5 Å². The SMILES string of the molecule is O=C(Cn1cnc2c(oc3ccccc32)c1=O)OCc1ccc(F)cc1Cl. The minimum atomic E-state index is -0.658. The molecule has 0 aliphatic rings. The zero-order valence-electron chi connectivity index (χ0n) is 13.8. The van der Waals surface area contributed by atoms with Crippen LogP contribution in [0.25, 0.3) is 22.1 Å². The summed E-state index contributed by atoms with van der Waals surface area (Å²) in [6.07, 6.45) is 1.28. The highest BCUT2D eigenvalue weighted by atomic mass is 35.5. The van der Waals surface area contributed by atoms with E-state index in [2.05, 4.69) is 4.98 Å². The van der Waals surface area contributed by atoms with Crippen molar-refractivity contribution in [1.29, 1.82) is 0 Å². The highest BCUT2D eigenvalue weighted by Crippen LogP contribution is 2.24. The molecule has 0 saturated carbocycles. The Kier molecular flexibility index (Phi) is 4.37. The van der Waals surface area contributed by atoms with Crippen LogP contribution in [0.2, 0.25) is 5.02 Å². The fourth-order valence-corrected chi connectivity index (χ4v) is 2.93. The Morgan fingerprint density at radius 2 is 2.07 bits per heavy atom. The highest BCUT2D eigenvalue weighted by Gasteiger charge is 2.15. The molecule has 0 atom stereocenters. The average Bonchev–Trinajstić information content (AvgIpc) is 3.03. The van der Waals surface area contributed by atoms with Gasteiger partial charge < -0.3 is 9.15 Å². The van der Waals surface area contributed by atoms with Gasteiger partial charge in [-0.05, 0) is 24.3 Å². The molecule has 2 heterocycles. The summed E-state index contributed by atoms with van der Waals surface area (Å²) >= 11 is 5.89. The summed E-state index contributed by atoms with van der Waals surface area (Å²) in [7, 11) is 0. The van der Waals surface area contributed by atoms with Crippen LogP contribution in [0.1, 0.15) is 5.56 Å². The number of ether oxygens (including phenoxy) is 1. The van der Waals surface area contributed by atoms with Gasteiger partial charge in [0.25, 0.3) is 5.56 Å². The largest absolute Gasteiger partial charge is 0.459 e. The van der Waals surface area contributed by atoms with Crippen LogP contribution in [0.3, 0.4) is 0 Å². The molecule has 2 aromatic heterocycles. The molecule has 0 bridgehead atoms. The van der Waals surface area contributed by atoms with Crippen molar-refractivity contribution in [3.8, 4) is 0 Å². The molecular weight excluding hydrogens is 375 g/mol. The lowest BCUT2D eigenvalue weighted by Crippen LogP contribution is -2.25. The van der Waals surface area contributed by atoms with E-state index in [0.29, 0.717) is 16.7 Å². The van der Waals surface area contributed by atoms with Gasteiger partial charge in [-0.3, -0.25) is 14.2 Å². The second-order valence-electron chi connectivity index (χ2n) is 5.85. The lowest BCUT2D eigenvalue weighted by molar-refractivity contribution is -0.145. The fourth-order valence-electron chi connectivity index (χ4n) is 2.71. The molecule has 0 amide bonds. The number of carbonyl (C=O) groups is 1. The summed E-state index contributed by atoms with van der Waals surface area (Å²) in [4.78, 5) is 28.8. The summed E-state index contributed by atoms with van der Waals surface area (Å²) in [5.74, 6) is -1.14. The van der Waals surface area contributed by atoms with Gasteiger partial charge in [-0.25, -0.2) is 9.37 Å². The molecule has 4 rings (SSSR count). The van der Waals surface area contributed by atoms with Gasteiger partial charge in [0.05, 0.1) is 11.3 Å². The minimum absolute atomic E-state index is 0.0769. The molecule has 0 fully saturated rings. The molecule has 2 aromatic carbocycles. The highest BCUT2D eigenvalue weighted by molar-refractivity contribution is 6.31. The molecule has 0 radical (unpaired) electrons. The lowest BCUT2D eigenvalue weighted by Gasteiger charge is -2.08. The van der Waals surface area contributed by atoms with E-state index in [4.69, 9.17) is 20.8 Å². The smallest absolute Gasteiger partial charge is 0.326 e. The average molecular weight is 387 g/mol. The van der Waals surface area contributed by atoms with E-state index in [1.54, 1.807) is 18.2 Å². The van der Waals surface area contributed by atoms with Crippen LogP contribution in [0.15, 0.2) is 58.0 Å². The van der Waals surface area contributed by atoms with Gasteiger partial charge in [-0.2, -0.15) is 0 Å². The first kappa shape index (κ1) is 17.2. The summed E-state index contributed by atoms with van der Waals surface area (Å²) in [5, 5.41) is 0.885. The van der Waals surface area contributed by atoms with Gasteiger partial charge >= 0.3 is 5.97 Å². The van der Waals surface area contributed by atoms with E-state index >= 15 is 0 Å². The lowest BCUT2D eigenvalue weighted by atomic mass is 10.2. The molecule has 0 unspecified atom stereocenters. The number of benzene rings is 2. The van der Waals surface area contributed by atoms with Crippen LogP contribution in [-0.2, 0) is 22.7 Å². The van der Waals surface area contributed by atoms with E-state index in [1.807, 2.05) is 6.07 Å². The topological polar surface area (TPSA) is 74.3 Å². The van der Waals surface area contributed by atoms with Crippen molar-refractivity contribution < 1.29 is 18.3 Å². The first-order valence-electron chi connectivity index (χ1n) is 7.99. The van der Waals surface area contributed by atoms with Crippen LogP contribution >= 0.6 is 11.6 Å². The number of halogens is 2. The third kappa shape index (κ3) is 3.29. The molecule has 8 heteroatoms. The molecule has 0 aliphatic carbocycles. The van der Waals surface area contributed by atoms with Gasteiger partial charge in [0.15, 0.2) is 0 Å². The molecule has 4 aromatic rings. The maximum Gasteiger partial charge on any atom is 0.326 e. The Balaban J connectivity index is 1.54. The summed E-state index contributed by atoms with van der Waals surface area (Å²) < 4.78 is 24.8. The van der Waals surface area contributed by atoms with E-state index < -0.39 is 17.3 Å². The number of fused-ring (bicyclic) bond motifs is 3. The predicted molar refractivity (Wildman–Crippen MR) is 97.0 cm³/mol. The Labute approximate surface area is 156 Å². The monoisotopic (exact) mass is 386 g/mol. The molecule has 0 aliphatic heterocycles. The van der Waals surface area contributed by atoms with E-state index in [1.165, 1.54) is 18.5 Å². The standard InChI is InChI=1S/C19H12ClFN2O4/c20-14-7-12(21)6-5-11(14)9-26-16(24)8-23-10-22-17-13-3-1-2-4-15(13)27-18(17)19(23)25/h1-7,10H,8-9H2. The Morgan fingerprint density at radius 3 is 2.89 bits per heavy atom. The Hall–Kier alpha value is -3.19. The van der Waals surface area contributed by atoms with E-state index in [9.17, 15) is 14.0 Å². The molecule has 0 saturated heterocycles. The number of nitrogens with zero attached hydrogens (tertiary/aromatic N) is 2. The number of esters is 1. The first-order valence-corrected chi connectivity index (χ1v) is 8.37. The van der Waals surface area contributed by atoms with Crippen LogP contribution < -0.4 is 5.56 Å². The molecule has 136 valence electrons. The van der Waals surface area contributed by atoms with Crippen molar-refractivity contribution in [3.63, 3.8) is 0 Å². The van der Waals surface area contributed by atoms with Crippen molar-refractivity contribution in [2.75, 3.05) is 0 Å². The van der Waals surface area contributed by atoms with Gasteiger partial charge in [0.2, 0.25) is 5.58 Å². The van der Waals surface area contributed by atoms with E-state index in [0.717, 1.165) is 16.0 Å². The van der Waals surface area contributed by atoms with Crippen LogP contribution in [-0.4, -0.2) is 15.5 Å². The number of para-hydroxylation sites is 1. The van der Waals surface area contributed by atoms with Crippen LogP contribution in [0, 0.1) is 5.82 Å². The normalized spacial score (nSPS) is 11.2. The summed E-state index contributed by atoms with van der Waals surface area (Å²) in [6, 6.07) is 10.9. The van der Waals surface area contributed by atoms with Crippen molar-refractivity contribution in [1.82, 2.24) is 9.55 Å². The predicted octanol–water partition coefficient (Wildman–Crippen LogP) is 3.68. The number of hydrogen-bond acceptors (Lipinski definition) is 5.